The lowest BCUT2D eigenvalue weighted by molar-refractivity contribution is -0.129. The summed E-state index contributed by atoms with van der Waals surface area (Å²) in [6.45, 7) is 4.11. The van der Waals surface area contributed by atoms with Crippen molar-refractivity contribution in [2.45, 2.75) is 26.0 Å². The standard InChI is InChI=1S/C14H14ClN3O2S/c1-14(2)12(19)18-10-5-8(3-4-11(10)20-14)16-6-9-7-17-13(15)21-9/h3-5,7,16H,6H2,1-2H3,(H,18,19). The zero-order valence-electron chi connectivity index (χ0n) is 11.6. The summed E-state index contributed by atoms with van der Waals surface area (Å²) >= 11 is 7.23. The molecule has 0 fully saturated rings. The third-order valence-corrected chi connectivity index (χ3v) is 4.25. The molecule has 0 spiro atoms. The quantitative estimate of drug-likeness (QED) is 0.907. The molecular weight excluding hydrogens is 310 g/mol. The van der Waals surface area contributed by atoms with Crippen LogP contribution in [-0.2, 0) is 11.3 Å². The Labute approximate surface area is 131 Å². The SMILES string of the molecule is CC1(C)Oc2ccc(NCc3cnc(Cl)s3)cc2NC1=O. The van der Waals surface area contributed by atoms with Gasteiger partial charge in [-0.25, -0.2) is 4.98 Å². The first-order valence-electron chi connectivity index (χ1n) is 6.43. The van der Waals surface area contributed by atoms with Gasteiger partial charge >= 0.3 is 0 Å². The van der Waals surface area contributed by atoms with E-state index in [1.54, 1.807) is 20.0 Å². The molecule has 0 saturated carbocycles. The number of anilines is 2. The minimum absolute atomic E-state index is 0.151. The van der Waals surface area contributed by atoms with Crippen LogP contribution in [0.4, 0.5) is 11.4 Å². The maximum atomic E-state index is 11.9. The van der Waals surface area contributed by atoms with Crippen molar-refractivity contribution in [1.29, 1.82) is 0 Å². The highest BCUT2D eigenvalue weighted by atomic mass is 35.5. The number of halogens is 1. The number of amides is 1. The molecule has 0 bridgehead atoms. The molecule has 1 aromatic carbocycles. The Morgan fingerprint density at radius 3 is 3.00 bits per heavy atom. The molecule has 1 aliphatic heterocycles. The molecule has 0 radical (unpaired) electrons. The van der Waals surface area contributed by atoms with E-state index in [0.717, 1.165) is 10.6 Å². The summed E-state index contributed by atoms with van der Waals surface area (Å²) in [6.07, 6.45) is 1.74. The van der Waals surface area contributed by atoms with E-state index in [2.05, 4.69) is 15.6 Å². The molecule has 2 aromatic rings. The Bertz CT molecular complexity index is 699. The summed E-state index contributed by atoms with van der Waals surface area (Å²) < 4.78 is 6.22. The lowest BCUT2D eigenvalue weighted by Crippen LogP contribution is -2.45. The molecule has 2 N–H and O–H groups in total. The first-order valence-corrected chi connectivity index (χ1v) is 7.62. The number of hydrogen-bond donors (Lipinski definition) is 2. The van der Waals surface area contributed by atoms with Crippen LogP contribution in [0.5, 0.6) is 5.75 Å². The number of nitrogens with zero attached hydrogens (tertiary/aromatic N) is 1. The molecule has 1 amide bonds. The molecule has 1 aromatic heterocycles. The molecule has 5 nitrogen and oxygen atoms in total. The Kier molecular flexibility index (Phi) is 3.51. The van der Waals surface area contributed by atoms with Gasteiger partial charge in [0.2, 0.25) is 0 Å². The summed E-state index contributed by atoms with van der Waals surface area (Å²) in [5, 5.41) is 6.12. The number of thiazole rings is 1. The summed E-state index contributed by atoms with van der Waals surface area (Å²) in [6, 6.07) is 5.61. The van der Waals surface area contributed by atoms with Crippen molar-refractivity contribution in [1.82, 2.24) is 4.98 Å². The molecule has 7 heteroatoms. The van der Waals surface area contributed by atoms with E-state index >= 15 is 0 Å². The zero-order chi connectivity index (χ0) is 15.0. The van der Waals surface area contributed by atoms with Crippen LogP contribution in [0.1, 0.15) is 18.7 Å². The summed E-state index contributed by atoms with van der Waals surface area (Å²) in [5.74, 6) is 0.521. The fraction of sp³-hybridized carbons (Fsp3) is 0.286. The lowest BCUT2D eigenvalue weighted by atomic mass is 10.1. The second-order valence-electron chi connectivity index (χ2n) is 5.21. The number of aromatic nitrogens is 1. The fourth-order valence-corrected chi connectivity index (χ4v) is 2.89. The van der Waals surface area contributed by atoms with Gasteiger partial charge in [0.1, 0.15) is 5.75 Å². The number of hydrogen-bond acceptors (Lipinski definition) is 5. The number of carbonyl (C=O) groups excluding carboxylic acids is 1. The zero-order valence-corrected chi connectivity index (χ0v) is 13.1. The van der Waals surface area contributed by atoms with Gasteiger partial charge in [-0.15, -0.1) is 11.3 Å². The molecule has 0 unspecified atom stereocenters. The largest absolute Gasteiger partial charge is 0.476 e. The molecule has 3 rings (SSSR count). The topological polar surface area (TPSA) is 63.2 Å². The molecule has 21 heavy (non-hydrogen) atoms. The van der Waals surface area contributed by atoms with E-state index in [-0.39, 0.29) is 5.91 Å². The first kappa shape index (κ1) is 14.2. The maximum absolute atomic E-state index is 11.9. The number of rotatable bonds is 3. The average Bonchev–Trinajstić information content (AvgIpc) is 2.83. The number of nitrogens with one attached hydrogen (secondary N) is 2. The van der Waals surface area contributed by atoms with Crippen molar-refractivity contribution >= 4 is 40.2 Å². The minimum atomic E-state index is -0.846. The molecule has 0 atom stereocenters. The average molecular weight is 324 g/mol. The van der Waals surface area contributed by atoms with Crippen LogP contribution in [0.25, 0.3) is 0 Å². The summed E-state index contributed by atoms with van der Waals surface area (Å²) in [5.41, 5.74) is 0.718. The third kappa shape index (κ3) is 2.96. The van der Waals surface area contributed by atoms with E-state index in [1.165, 1.54) is 11.3 Å². The van der Waals surface area contributed by atoms with Crippen LogP contribution < -0.4 is 15.4 Å². The van der Waals surface area contributed by atoms with Gasteiger partial charge in [0.25, 0.3) is 5.91 Å². The number of fused-ring (bicyclic) bond motifs is 1. The Hall–Kier alpha value is -1.79. The highest BCUT2D eigenvalue weighted by Gasteiger charge is 2.35. The Morgan fingerprint density at radius 2 is 2.29 bits per heavy atom. The van der Waals surface area contributed by atoms with Crippen LogP contribution in [0.3, 0.4) is 0 Å². The maximum Gasteiger partial charge on any atom is 0.268 e. The highest BCUT2D eigenvalue weighted by Crippen LogP contribution is 2.35. The molecule has 0 saturated heterocycles. The molecule has 2 heterocycles. The smallest absolute Gasteiger partial charge is 0.268 e. The van der Waals surface area contributed by atoms with E-state index in [4.69, 9.17) is 16.3 Å². The summed E-state index contributed by atoms with van der Waals surface area (Å²) in [4.78, 5) is 16.9. The van der Waals surface area contributed by atoms with Gasteiger partial charge in [0.05, 0.1) is 12.2 Å². The molecule has 110 valence electrons. The van der Waals surface area contributed by atoms with Crippen molar-refractivity contribution in [3.8, 4) is 5.75 Å². The lowest BCUT2D eigenvalue weighted by Gasteiger charge is -2.31. The second kappa shape index (κ2) is 5.20. The monoisotopic (exact) mass is 323 g/mol. The predicted molar refractivity (Wildman–Crippen MR) is 84.2 cm³/mol. The van der Waals surface area contributed by atoms with Crippen molar-refractivity contribution in [3.05, 3.63) is 33.7 Å². The van der Waals surface area contributed by atoms with Crippen molar-refractivity contribution in [3.63, 3.8) is 0 Å². The number of carbonyl (C=O) groups is 1. The van der Waals surface area contributed by atoms with Crippen molar-refractivity contribution in [2.75, 3.05) is 10.6 Å². The van der Waals surface area contributed by atoms with Gasteiger partial charge in [0.15, 0.2) is 10.1 Å². The van der Waals surface area contributed by atoms with Crippen molar-refractivity contribution < 1.29 is 9.53 Å². The van der Waals surface area contributed by atoms with Gasteiger partial charge in [-0.2, -0.15) is 0 Å². The fourth-order valence-electron chi connectivity index (χ4n) is 1.98. The van der Waals surface area contributed by atoms with Crippen LogP contribution in [0.15, 0.2) is 24.4 Å². The van der Waals surface area contributed by atoms with Gasteiger partial charge < -0.3 is 15.4 Å². The Morgan fingerprint density at radius 1 is 1.48 bits per heavy atom. The van der Waals surface area contributed by atoms with Crippen LogP contribution >= 0.6 is 22.9 Å². The number of benzene rings is 1. The Balaban J connectivity index is 1.74. The highest BCUT2D eigenvalue weighted by molar-refractivity contribution is 7.15. The van der Waals surface area contributed by atoms with E-state index < -0.39 is 5.60 Å². The molecule has 0 aliphatic carbocycles. The normalized spacial score (nSPS) is 15.9. The van der Waals surface area contributed by atoms with Crippen molar-refractivity contribution in [2.24, 2.45) is 0 Å². The van der Waals surface area contributed by atoms with Crippen LogP contribution in [0.2, 0.25) is 4.47 Å². The summed E-state index contributed by atoms with van der Waals surface area (Å²) in [7, 11) is 0. The van der Waals surface area contributed by atoms with Crippen LogP contribution in [-0.4, -0.2) is 16.5 Å². The van der Waals surface area contributed by atoms with Gasteiger partial charge in [-0.05, 0) is 32.0 Å². The van der Waals surface area contributed by atoms with Crippen LogP contribution in [0, 0.1) is 0 Å². The third-order valence-electron chi connectivity index (χ3n) is 3.13. The second-order valence-corrected chi connectivity index (χ2v) is 6.91. The van der Waals surface area contributed by atoms with Gasteiger partial charge in [-0.1, -0.05) is 11.6 Å². The molecule has 1 aliphatic rings. The van der Waals surface area contributed by atoms with Gasteiger partial charge in [-0.3, -0.25) is 4.79 Å². The van der Waals surface area contributed by atoms with Gasteiger partial charge in [0, 0.05) is 16.8 Å². The minimum Gasteiger partial charge on any atom is -0.476 e. The number of ether oxygens (including phenoxy) is 1. The molecular formula is C14H14ClN3O2S. The van der Waals surface area contributed by atoms with E-state index in [0.29, 0.717) is 22.4 Å². The van der Waals surface area contributed by atoms with E-state index in [9.17, 15) is 4.79 Å². The first-order chi connectivity index (χ1) is 9.94. The predicted octanol–water partition coefficient (Wildman–Crippen LogP) is 3.52. The van der Waals surface area contributed by atoms with E-state index in [1.807, 2.05) is 18.2 Å².